The van der Waals surface area contributed by atoms with E-state index >= 15 is 0 Å². The van der Waals surface area contributed by atoms with Gasteiger partial charge in [-0.05, 0) is 44.5 Å². The molecule has 3 heteroatoms. The van der Waals surface area contributed by atoms with E-state index in [0.29, 0.717) is 11.1 Å². The first-order valence-corrected chi connectivity index (χ1v) is 5.70. The number of hydrogen-bond acceptors (Lipinski definition) is 2. The fourth-order valence-electron chi connectivity index (χ4n) is 1.39. The molecule has 0 N–H and O–H groups in total. The molecular weight excluding hydrogens is 212 g/mol. The van der Waals surface area contributed by atoms with Crippen molar-refractivity contribution in [3.63, 3.8) is 0 Å². The van der Waals surface area contributed by atoms with Crippen LogP contribution in [0.2, 0.25) is 0 Å². The fourth-order valence-corrected chi connectivity index (χ4v) is 1.39. The molecule has 3 nitrogen and oxygen atoms in total. The maximum atomic E-state index is 12.2. The predicted molar refractivity (Wildman–Crippen MR) is 67.6 cm³/mol. The summed E-state index contributed by atoms with van der Waals surface area (Å²) >= 11 is 0. The first-order chi connectivity index (χ1) is 7.92. The summed E-state index contributed by atoms with van der Waals surface area (Å²) < 4.78 is 0. The van der Waals surface area contributed by atoms with Crippen molar-refractivity contribution in [2.75, 3.05) is 7.05 Å². The summed E-state index contributed by atoms with van der Waals surface area (Å²) in [6, 6.07) is 8.77. The molecule has 90 valence electrons. The monoisotopic (exact) mass is 230 g/mol. The molecule has 0 aliphatic heterocycles. The van der Waals surface area contributed by atoms with Gasteiger partial charge in [0.05, 0.1) is 11.6 Å². The Bertz CT molecular complexity index is 440. The summed E-state index contributed by atoms with van der Waals surface area (Å²) in [7, 11) is 1.81. The van der Waals surface area contributed by atoms with Gasteiger partial charge in [-0.15, -0.1) is 0 Å². The van der Waals surface area contributed by atoms with Crippen molar-refractivity contribution < 1.29 is 4.79 Å². The Balaban J connectivity index is 2.93. The molecule has 0 heterocycles. The minimum atomic E-state index is -0.162. The molecular formula is C14H18N2O. The molecule has 0 saturated carbocycles. The fraction of sp³-hybridized carbons (Fsp3) is 0.429. The standard InChI is InChI=1S/C14H18N2O/c1-5-14(2,3)16(4)13(17)12-8-6-11(10-15)7-9-12/h6-9H,5H2,1-4H3. The van der Waals surface area contributed by atoms with E-state index in [0.717, 1.165) is 6.42 Å². The van der Waals surface area contributed by atoms with Crippen LogP contribution in [0.15, 0.2) is 24.3 Å². The summed E-state index contributed by atoms with van der Waals surface area (Å²) in [6.07, 6.45) is 0.894. The van der Waals surface area contributed by atoms with Crippen LogP contribution in [-0.4, -0.2) is 23.4 Å². The van der Waals surface area contributed by atoms with Crippen molar-refractivity contribution >= 4 is 5.91 Å². The second kappa shape index (κ2) is 5.01. The number of nitriles is 1. The minimum Gasteiger partial charge on any atom is -0.337 e. The van der Waals surface area contributed by atoms with Crippen molar-refractivity contribution in [2.45, 2.75) is 32.7 Å². The van der Waals surface area contributed by atoms with Gasteiger partial charge in [-0.1, -0.05) is 6.92 Å². The lowest BCUT2D eigenvalue weighted by Crippen LogP contribution is -2.44. The molecule has 0 spiro atoms. The molecule has 1 aromatic carbocycles. The van der Waals surface area contributed by atoms with Crippen molar-refractivity contribution in [1.29, 1.82) is 5.26 Å². The first-order valence-electron chi connectivity index (χ1n) is 5.70. The Morgan fingerprint density at radius 1 is 1.35 bits per heavy atom. The van der Waals surface area contributed by atoms with Crippen molar-refractivity contribution in [3.8, 4) is 6.07 Å². The number of carbonyl (C=O) groups excluding carboxylic acids is 1. The van der Waals surface area contributed by atoms with E-state index < -0.39 is 0 Å². The Hall–Kier alpha value is -1.82. The van der Waals surface area contributed by atoms with Gasteiger partial charge >= 0.3 is 0 Å². The van der Waals surface area contributed by atoms with Gasteiger partial charge in [0.25, 0.3) is 5.91 Å². The van der Waals surface area contributed by atoms with E-state index in [1.54, 1.807) is 29.2 Å². The molecule has 0 aliphatic carbocycles. The van der Waals surface area contributed by atoms with E-state index in [2.05, 4.69) is 6.92 Å². The van der Waals surface area contributed by atoms with E-state index in [1.807, 2.05) is 27.0 Å². The molecule has 0 unspecified atom stereocenters. The lowest BCUT2D eigenvalue weighted by Gasteiger charge is -2.34. The van der Waals surface area contributed by atoms with Gasteiger partial charge in [0, 0.05) is 18.2 Å². The van der Waals surface area contributed by atoms with Gasteiger partial charge in [-0.25, -0.2) is 0 Å². The van der Waals surface area contributed by atoms with Crippen LogP contribution in [0, 0.1) is 11.3 Å². The topological polar surface area (TPSA) is 44.1 Å². The number of nitrogens with zero attached hydrogens (tertiary/aromatic N) is 2. The SMILES string of the molecule is CCC(C)(C)N(C)C(=O)c1ccc(C#N)cc1. The highest BCUT2D eigenvalue weighted by atomic mass is 16.2. The molecule has 0 atom stereocenters. The molecule has 17 heavy (non-hydrogen) atoms. The zero-order valence-corrected chi connectivity index (χ0v) is 10.8. The second-order valence-corrected chi connectivity index (χ2v) is 4.72. The maximum Gasteiger partial charge on any atom is 0.254 e. The highest BCUT2D eigenvalue weighted by molar-refractivity contribution is 5.94. The van der Waals surface area contributed by atoms with Crippen LogP contribution in [0.25, 0.3) is 0 Å². The lowest BCUT2D eigenvalue weighted by molar-refractivity contribution is 0.0620. The highest BCUT2D eigenvalue weighted by Crippen LogP contribution is 2.19. The minimum absolute atomic E-state index is 0.0126. The molecule has 0 saturated heterocycles. The molecule has 0 aromatic heterocycles. The third-order valence-corrected chi connectivity index (χ3v) is 3.34. The maximum absolute atomic E-state index is 12.2. The van der Waals surface area contributed by atoms with E-state index in [-0.39, 0.29) is 11.4 Å². The summed E-state index contributed by atoms with van der Waals surface area (Å²) in [6.45, 7) is 6.13. The molecule has 1 aromatic rings. The van der Waals surface area contributed by atoms with Gasteiger partial charge < -0.3 is 4.90 Å². The van der Waals surface area contributed by atoms with Crippen LogP contribution in [0.1, 0.15) is 43.1 Å². The summed E-state index contributed by atoms with van der Waals surface area (Å²) in [5.41, 5.74) is 1.03. The zero-order chi connectivity index (χ0) is 13.1. The zero-order valence-electron chi connectivity index (χ0n) is 10.8. The van der Waals surface area contributed by atoms with E-state index in [4.69, 9.17) is 5.26 Å². The van der Waals surface area contributed by atoms with E-state index in [1.165, 1.54) is 0 Å². The van der Waals surface area contributed by atoms with Gasteiger partial charge in [-0.3, -0.25) is 4.79 Å². The van der Waals surface area contributed by atoms with Crippen molar-refractivity contribution in [3.05, 3.63) is 35.4 Å². The average Bonchev–Trinajstić information content (AvgIpc) is 2.37. The van der Waals surface area contributed by atoms with E-state index in [9.17, 15) is 4.79 Å². The summed E-state index contributed by atoms with van der Waals surface area (Å²) in [5.74, 6) is -0.0126. The molecule has 1 amide bonds. The second-order valence-electron chi connectivity index (χ2n) is 4.72. The molecule has 0 radical (unpaired) electrons. The summed E-state index contributed by atoms with van der Waals surface area (Å²) in [5, 5.41) is 8.70. The average molecular weight is 230 g/mol. The van der Waals surface area contributed by atoms with Crippen LogP contribution in [0.4, 0.5) is 0 Å². The number of amides is 1. The van der Waals surface area contributed by atoms with Gasteiger partial charge in [0.15, 0.2) is 0 Å². The Kier molecular flexibility index (Phi) is 3.90. The third-order valence-electron chi connectivity index (χ3n) is 3.34. The van der Waals surface area contributed by atoms with Gasteiger partial charge in [0.2, 0.25) is 0 Å². The highest BCUT2D eigenvalue weighted by Gasteiger charge is 2.26. The van der Waals surface area contributed by atoms with Crippen LogP contribution < -0.4 is 0 Å². The first kappa shape index (κ1) is 13.2. The van der Waals surface area contributed by atoms with Crippen LogP contribution >= 0.6 is 0 Å². The Labute approximate surface area is 103 Å². The Morgan fingerprint density at radius 2 is 1.88 bits per heavy atom. The number of benzene rings is 1. The molecule has 0 aliphatic rings. The molecule has 0 fully saturated rings. The number of carbonyl (C=O) groups is 1. The number of rotatable bonds is 3. The quantitative estimate of drug-likeness (QED) is 0.801. The van der Waals surface area contributed by atoms with Crippen LogP contribution in [-0.2, 0) is 0 Å². The lowest BCUT2D eigenvalue weighted by atomic mass is 9.98. The molecule has 0 bridgehead atoms. The molecule has 1 rings (SSSR count). The normalized spacial score (nSPS) is 10.8. The van der Waals surface area contributed by atoms with Crippen molar-refractivity contribution in [1.82, 2.24) is 4.90 Å². The van der Waals surface area contributed by atoms with Gasteiger partial charge in [0.1, 0.15) is 0 Å². The largest absolute Gasteiger partial charge is 0.337 e. The predicted octanol–water partition coefficient (Wildman–Crippen LogP) is 2.82. The van der Waals surface area contributed by atoms with Crippen LogP contribution in [0.5, 0.6) is 0 Å². The summed E-state index contributed by atoms with van der Waals surface area (Å²) in [4.78, 5) is 13.9. The van der Waals surface area contributed by atoms with Crippen molar-refractivity contribution in [2.24, 2.45) is 0 Å². The third kappa shape index (κ3) is 2.85. The van der Waals surface area contributed by atoms with Crippen LogP contribution in [0.3, 0.4) is 0 Å². The Morgan fingerprint density at radius 3 is 2.29 bits per heavy atom. The van der Waals surface area contributed by atoms with Gasteiger partial charge in [-0.2, -0.15) is 5.26 Å². The number of hydrogen-bond donors (Lipinski definition) is 0. The smallest absolute Gasteiger partial charge is 0.254 e.